The van der Waals surface area contributed by atoms with Crippen LogP contribution >= 0.6 is 0 Å². The minimum Gasteiger partial charge on any atom is -0.453 e. The molecule has 1 saturated carbocycles. The van der Waals surface area contributed by atoms with Crippen molar-refractivity contribution in [3.8, 4) is 11.5 Å². The summed E-state index contributed by atoms with van der Waals surface area (Å²) in [5.74, 6) is 2.60. The quantitative estimate of drug-likeness (QED) is 0.747. The van der Waals surface area contributed by atoms with Crippen LogP contribution in [0.25, 0.3) is 0 Å². The predicted molar refractivity (Wildman–Crippen MR) is 101 cm³/mol. The van der Waals surface area contributed by atoms with Crippen molar-refractivity contribution in [1.82, 2.24) is 15.0 Å². The van der Waals surface area contributed by atoms with E-state index in [0.29, 0.717) is 24.0 Å². The monoisotopic (exact) mass is 356 g/mol. The minimum absolute atomic E-state index is 0.109. The predicted octanol–water partition coefficient (Wildman–Crippen LogP) is 3.81. The maximum absolute atomic E-state index is 9.53. The molecule has 0 saturated heterocycles. The summed E-state index contributed by atoms with van der Waals surface area (Å²) in [6.07, 6.45) is 7.40. The molecule has 0 radical (unpaired) electrons. The number of hydrogen-bond donors (Lipinski definition) is 2. The van der Waals surface area contributed by atoms with Crippen LogP contribution in [0.3, 0.4) is 0 Å². The molecule has 1 atom stereocenters. The first-order chi connectivity index (χ1) is 12.5. The minimum atomic E-state index is 0.109. The Balaban J connectivity index is 1.94. The fraction of sp³-hybridized carbons (Fsp3) is 0.550. The number of nitrogens with zero attached hydrogens (tertiary/aromatic N) is 3. The molecule has 0 aromatic carbocycles. The highest BCUT2D eigenvalue weighted by Gasteiger charge is 2.26. The van der Waals surface area contributed by atoms with Crippen molar-refractivity contribution in [3.63, 3.8) is 0 Å². The molecule has 26 heavy (non-hydrogen) atoms. The van der Waals surface area contributed by atoms with Gasteiger partial charge in [0.1, 0.15) is 5.75 Å². The van der Waals surface area contributed by atoms with Crippen molar-refractivity contribution in [2.24, 2.45) is 5.92 Å². The molecule has 3 rings (SSSR count). The lowest BCUT2D eigenvalue weighted by molar-refractivity contribution is 0.220. The van der Waals surface area contributed by atoms with Crippen molar-refractivity contribution < 1.29 is 9.84 Å². The maximum atomic E-state index is 9.53. The topological polar surface area (TPSA) is 94.2 Å². The van der Waals surface area contributed by atoms with Gasteiger partial charge in [-0.05, 0) is 31.1 Å². The number of aromatic nitrogens is 3. The van der Waals surface area contributed by atoms with Crippen LogP contribution in [0.1, 0.15) is 68.8 Å². The van der Waals surface area contributed by atoms with E-state index >= 15 is 0 Å². The number of rotatable bonds is 8. The molecule has 3 N–H and O–H groups in total. The highest BCUT2D eigenvalue weighted by Crippen LogP contribution is 2.42. The molecule has 140 valence electrons. The Bertz CT molecular complexity index is 755. The number of aliphatic hydroxyl groups is 1. The molecule has 1 unspecified atom stereocenters. The first-order valence-corrected chi connectivity index (χ1v) is 9.41. The Labute approximate surface area is 154 Å². The second-order valence-corrected chi connectivity index (χ2v) is 7.38. The van der Waals surface area contributed by atoms with Crippen LogP contribution in [0.2, 0.25) is 0 Å². The van der Waals surface area contributed by atoms with Gasteiger partial charge in [0, 0.05) is 36.0 Å². The Kier molecular flexibility index (Phi) is 5.71. The van der Waals surface area contributed by atoms with Crippen molar-refractivity contribution in [1.29, 1.82) is 0 Å². The number of hydrogen-bond acceptors (Lipinski definition) is 6. The average molecular weight is 356 g/mol. The summed E-state index contributed by atoms with van der Waals surface area (Å²) in [5.41, 5.74) is 8.66. The van der Waals surface area contributed by atoms with Gasteiger partial charge in [0.05, 0.1) is 11.9 Å². The average Bonchev–Trinajstić information content (AvgIpc) is 3.46. The van der Waals surface area contributed by atoms with Crippen LogP contribution in [0.4, 0.5) is 5.95 Å². The fourth-order valence-electron chi connectivity index (χ4n) is 2.97. The van der Waals surface area contributed by atoms with Gasteiger partial charge in [-0.1, -0.05) is 27.2 Å². The van der Waals surface area contributed by atoms with Gasteiger partial charge in [0.25, 0.3) is 0 Å². The molecule has 0 aliphatic heterocycles. The lowest BCUT2D eigenvalue weighted by Crippen LogP contribution is -2.12. The van der Waals surface area contributed by atoms with Crippen LogP contribution in [-0.4, -0.2) is 26.7 Å². The van der Waals surface area contributed by atoms with Gasteiger partial charge < -0.3 is 15.6 Å². The van der Waals surface area contributed by atoms with Crippen LogP contribution < -0.4 is 10.5 Å². The maximum Gasteiger partial charge on any atom is 0.220 e. The van der Waals surface area contributed by atoms with E-state index in [1.807, 2.05) is 13.1 Å². The van der Waals surface area contributed by atoms with Crippen molar-refractivity contribution in [3.05, 3.63) is 35.4 Å². The zero-order valence-electron chi connectivity index (χ0n) is 15.8. The van der Waals surface area contributed by atoms with Crippen LogP contribution in [0, 0.1) is 5.92 Å². The highest BCUT2D eigenvalue weighted by molar-refractivity contribution is 5.42. The number of aliphatic hydroxyl groups excluding tert-OH is 1. The first kappa shape index (κ1) is 18.6. The highest BCUT2D eigenvalue weighted by atomic mass is 16.5. The molecule has 6 heteroatoms. The second-order valence-electron chi connectivity index (χ2n) is 7.38. The first-order valence-electron chi connectivity index (χ1n) is 9.41. The largest absolute Gasteiger partial charge is 0.453 e. The van der Waals surface area contributed by atoms with Gasteiger partial charge in [0.2, 0.25) is 5.95 Å². The van der Waals surface area contributed by atoms with E-state index in [0.717, 1.165) is 29.1 Å². The number of anilines is 1. The van der Waals surface area contributed by atoms with Crippen molar-refractivity contribution >= 4 is 5.95 Å². The molecule has 2 aromatic heterocycles. The molecule has 1 aliphatic carbocycles. The third-order valence-corrected chi connectivity index (χ3v) is 4.92. The van der Waals surface area contributed by atoms with E-state index in [-0.39, 0.29) is 18.5 Å². The Morgan fingerprint density at radius 2 is 2.00 bits per heavy atom. The zero-order chi connectivity index (χ0) is 18.7. The van der Waals surface area contributed by atoms with E-state index in [4.69, 9.17) is 10.5 Å². The molecule has 0 spiro atoms. The Hall–Kier alpha value is -2.21. The van der Waals surface area contributed by atoms with Gasteiger partial charge in [-0.3, -0.25) is 4.98 Å². The van der Waals surface area contributed by atoms with E-state index in [1.165, 1.54) is 12.8 Å². The molecule has 2 heterocycles. The van der Waals surface area contributed by atoms with Gasteiger partial charge in [-0.25, -0.2) is 9.97 Å². The number of pyridine rings is 1. The summed E-state index contributed by atoms with van der Waals surface area (Å²) in [4.78, 5) is 13.1. The summed E-state index contributed by atoms with van der Waals surface area (Å²) in [7, 11) is 0. The van der Waals surface area contributed by atoms with E-state index in [9.17, 15) is 5.11 Å². The third kappa shape index (κ3) is 4.30. The number of ether oxygens (including phenoxy) is 1. The van der Waals surface area contributed by atoms with Gasteiger partial charge >= 0.3 is 0 Å². The van der Waals surface area contributed by atoms with Crippen LogP contribution in [0.15, 0.2) is 18.5 Å². The molecule has 0 amide bonds. The van der Waals surface area contributed by atoms with Crippen molar-refractivity contribution in [2.75, 3.05) is 12.3 Å². The van der Waals surface area contributed by atoms with Crippen molar-refractivity contribution in [2.45, 2.75) is 58.3 Å². The fourth-order valence-corrected chi connectivity index (χ4v) is 2.97. The summed E-state index contributed by atoms with van der Waals surface area (Å²) < 4.78 is 6.26. The third-order valence-electron chi connectivity index (χ3n) is 4.92. The second kappa shape index (κ2) is 7.99. The summed E-state index contributed by atoms with van der Waals surface area (Å²) in [5, 5.41) is 9.53. The van der Waals surface area contributed by atoms with Gasteiger partial charge in [0.15, 0.2) is 5.75 Å². The molecule has 0 bridgehead atoms. The summed E-state index contributed by atoms with van der Waals surface area (Å²) in [6.45, 7) is 6.41. The number of nitrogen functional groups attached to an aromatic ring is 1. The Morgan fingerprint density at radius 1 is 1.23 bits per heavy atom. The van der Waals surface area contributed by atoms with Crippen LogP contribution in [-0.2, 0) is 6.42 Å². The van der Waals surface area contributed by atoms with E-state index < -0.39 is 0 Å². The summed E-state index contributed by atoms with van der Waals surface area (Å²) in [6, 6.07) is 2.05. The number of nitrogens with two attached hydrogens (primary N) is 1. The van der Waals surface area contributed by atoms with Crippen LogP contribution in [0.5, 0.6) is 11.5 Å². The molecular weight excluding hydrogens is 328 g/mol. The lowest BCUT2D eigenvalue weighted by atomic mass is 10.0. The van der Waals surface area contributed by atoms with Gasteiger partial charge in [-0.15, -0.1) is 0 Å². The SMILES string of the molecule is CCC(CO)Cc1nc(N)ncc1Oc1cc(C2CC2)ncc1C(C)C. The molecular formula is C20H28N4O2. The molecule has 6 nitrogen and oxygen atoms in total. The standard InChI is InChI=1S/C20H28N4O2/c1-4-13(11-25)7-17-19(10-23-20(21)24-17)26-18-8-16(14-5-6-14)22-9-15(18)12(2)3/h8-10,12-14,25H,4-7,11H2,1-3H3,(H2,21,23,24). The van der Waals surface area contributed by atoms with E-state index in [2.05, 4.69) is 34.9 Å². The molecule has 2 aromatic rings. The Morgan fingerprint density at radius 3 is 2.62 bits per heavy atom. The normalized spacial score (nSPS) is 15.3. The van der Waals surface area contributed by atoms with E-state index in [1.54, 1.807) is 6.20 Å². The summed E-state index contributed by atoms with van der Waals surface area (Å²) >= 11 is 0. The van der Waals surface area contributed by atoms with Gasteiger partial charge in [-0.2, -0.15) is 0 Å². The molecule has 1 fully saturated rings. The zero-order valence-corrected chi connectivity index (χ0v) is 15.8. The smallest absolute Gasteiger partial charge is 0.220 e. The lowest BCUT2D eigenvalue weighted by Gasteiger charge is -2.18. The molecule has 1 aliphatic rings.